The number of oxazole rings is 1. The van der Waals surface area contributed by atoms with Crippen molar-refractivity contribution >= 4 is 17.5 Å². The number of halogens is 1. The first-order valence-corrected chi connectivity index (χ1v) is 8.49. The summed E-state index contributed by atoms with van der Waals surface area (Å²) in [6.07, 6.45) is 4.36. The van der Waals surface area contributed by atoms with Gasteiger partial charge in [-0.2, -0.15) is 0 Å². The van der Waals surface area contributed by atoms with Crippen molar-refractivity contribution in [2.75, 3.05) is 26.8 Å². The Labute approximate surface area is 146 Å². The summed E-state index contributed by atoms with van der Waals surface area (Å²) in [4.78, 5) is 18.3. The van der Waals surface area contributed by atoms with E-state index in [4.69, 9.17) is 20.8 Å². The molecule has 0 spiro atoms. The fraction of sp³-hybridized carbons (Fsp3) is 0.444. The molecule has 1 saturated heterocycles. The minimum Gasteiger partial charge on any atom is -0.445 e. The molecule has 6 heteroatoms. The Bertz CT molecular complexity index is 701. The molecule has 1 fully saturated rings. The van der Waals surface area contributed by atoms with Crippen LogP contribution >= 0.6 is 11.6 Å². The van der Waals surface area contributed by atoms with Gasteiger partial charge in [0.1, 0.15) is 12.4 Å². The number of nitrogens with zero attached hydrogens (tertiary/aromatic N) is 2. The van der Waals surface area contributed by atoms with Crippen LogP contribution in [0.25, 0.3) is 0 Å². The van der Waals surface area contributed by atoms with Crippen molar-refractivity contribution in [1.29, 1.82) is 0 Å². The number of benzene rings is 1. The van der Waals surface area contributed by atoms with E-state index in [1.54, 1.807) is 6.20 Å². The SMILES string of the molecule is COCC(=O)N1CCCC(c2ncc(Cc3cccc(Cl)c3)o2)C1. The second kappa shape index (κ2) is 7.81. The number of ether oxygens (including phenoxy) is 1. The molecule has 1 aromatic carbocycles. The van der Waals surface area contributed by atoms with Gasteiger partial charge in [-0.05, 0) is 30.5 Å². The maximum Gasteiger partial charge on any atom is 0.248 e. The molecule has 1 aliphatic rings. The summed E-state index contributed by atoms with van der Waals surface area (Å²) < 4.78 is 10.9. The zero-order valence-electron chi connectivity index (χ0n) is 13.7. The minimum atomic E-state index is 0.0212. The zero-order chi connectivity index (χ0) is 16.9. The highest BCUT2D eigenvalue weighted by Gasteiger charge is 2.27. The van der Waals surface area contributed by atoms with Gasteiger partial charge in [0.25, 0.3) is 0 Å². The second-order valence-electron chi connectivity index (χ2n) is 6.08. The lowest BCUT2D eigenvalue weighted by Crippen LogP contribution is -2.40. The van der Waals surface area contributed by atoms with Gasteiger partial charge in [-0.25, -0.2) is 4.98 Å². The number of hydrogen-bond acceptors (Lipinski definition) is 4. The van der Waals surface area contributed by atoms with Gasteiger partial charge in [0.15, 0.2) is 5.89 Å². The number of carbonyl (C=O) groups excluding carboxylic acids is 1. The Kier molecular flexibility index (Phi) is 5.53. The predicted octanol–water partition coefficient (Wildman–Crippen LogP) is 3.27. The van der Waals surface area contributed by atoms with Gasteiger partial charge in [0.05, 0.1) is 12.1 Å². The Hall–Kier alpha value is -1.85. The normalized spacial score (nSPS) is 17.9. The van der Waals surface area contributed by atoms with E-state index in [1.165, 1.54) is 7.11 Å². The monoisotopic (exact) mass is 348 g/mol. The summed E-state index contributed by atoms with van der Waals surface area (Å²) in [6.45, 7) is 1.53. The first kappa shape index (κ1) is 17.0. The van der Waals surface area contributed by atoms with Crippen LogP contribution in [-0.4, -0.2) is 42.6 Å². The molecule has 0 bridgehead atoms. The Morgan fingerprint density at radius 3 is 3.17 bits per heavy atom. The molecule has 0 radical (unpaired) electrons. The maximum absolute atomic E-state index is 12.0. The van der Waals surface area contributed by atoms with Gasteiger partial charge >= 0.3 is 0 Å². The smallest absolute Gasteiger partial charge is 0.248 e. The van der Waals surface area contributed by atoms with E-state index in [0.29, 0.717) is 23.9 Å². The van der Waals surface area contributed by atoms with E-state index in [2.05, 4.69) is 4.98 Å². The summed E-state index contributed by atoms with van der Waals surface area (Å²) in [5.41, 5.74) is 1.09. The molecule has 128 valence electrons. The lowest BCUT2D eigenvalue weighted by molar-refractivity contribution is -0.136. The van der Waals surface area contributed by atoms with Gasteiger partial charge in [0.2, 0.25) is 5.91 Å². The highest BCUT2D eigenvalue weighted by molar-refractivity contribution is 6.30. The second-order valence-corrected chi connectivity index (χ2v) is 6.52. The van der Waals surface area contributed by atoms with Crippen molar-refractivity contribution in [3.63, 3.8) is 0 Å². The number of methoxy groups -OCH3 is 1. The van der Waals surface area contributed by atoms with E-state index in [0.717, 1.165) is 30.7 Å². The molecule has 5 nitrogen and oxygen atoms in total. The van der Waals surface area contributed by atoms with E-state index in [-0.39, 0.29) is 18.4 Å². The van der Waals surface area contributed by atoms with Crippen molar-refractivity contribution < 1.29 is 13.9 Å². The summed E-state index contributed by atoms with van der Waals surface area (Å²) in [7, 11) is 1.54. The highest BCUT2D eigenvalue weighted by Crippen LogP contribution is 2.27. The van der Waals surface area contributed by atoms with Crippen LogP contribution in [0.3, 0.4) is 0 Å². The van der Waals surface area contributed by atoms with Crippen molar-refractivity contribution in [3.05, 3.63) is 52.7 Å². The number of amides is 1. The van der Waals surface area contributed by atoms with Gasteiger partial charge in [-0.3, -0.25) is 4.79 Å². The van der Waals surface area contributed by atoms with E-state index >= 15 is 0 Å². The number of aromatic nitrogens is 1. The van der Waals surface area contributed by atoms with E-state index in [9.17, 15) is 4.79 Å². The molecule has 0 N–H and O–H groups in total. The van der Waals surface area contributed by atoms with Gasteiger partial charge in [-0.15, -0.1) is 0 Å². The molecule has 1 aliphatic heterocycles. The minimum absolute atomic E-state index is 0.0212. The van der Waals surface area contributed by atoms with Crippen LogP contribution in [0, 0.1) is 0 Å². The Balaban J connectivity index is 1.65. The number of piperidine rings is 1. The van der Waals surface area contributed by atoms with E-state index in [1.807, 2.05) is 29.2 Å². The van der Waals surface area contributed by atoms with Crippen LogP contribution in [0.5, 0.6) is 0 Å². The molecule has 2 aromatic rings. The summed E-state index contributed by atoms with van der Waals surface area (Å²) in [6, 6.07) is 7.72. The third-order valence-corrected chi connectivity index (χ3v) is 4.47. The van der Waals surface area contributed by atoms with Crippen LogP contribution < -0.4 is 0 Å². The molecular weight excluding hydrogens is 328 g/mol. The third kappa shape index (κ3) is 4.16. The summed E-state index contributed by atoms with van der Waals surface area (Å²) in [5, 5.41) is 0.715. The number of likely N-dealkylation sites (tertiary alicyclic amines) is 1. The number of rotatable bonds is 5. The molecule has 2 heterocycles. The fourth-order valence-electron chi connectivity index (χ4n) is 3.06. The van der Waals surface area contributed by atoms with Crippen LogP contribution in [0.2, 0.25) is 5.02 Å². The summed E-state index contributed by atoms with van der Waals surface area (Å²) in [5.74, 6) is 1.69. The quantitative estimate of drug-likeness (QED) is 0.832. The molecule has 1 unspecified atom stereocenters. The Morgan fingerprint density at radius 1 is 1.50 bits per heavy atom. The molecule has 24 heavy (non-hydrogen) atoms. The first-order valence-electron chi connectivity index (χ1n) is 8.11. The first-order chi connectivity index (χ1) is 11.7. The molecule has 1 atom stereocenters. The van der Waals surface area contributed by atoms with Gasteiger partial charge < -0.3 is 14.1 Å². The van der Waals surface area contributed by atoms with Crippen LogP contribution in [0.15, 0.2) is 34.9 Å². The van der Waals surface area contributed by atoms with Crippen molar-refractivity contribution in [1.82, 2.24) is 9.88 Å². The van der Waals surface area contributed by atoms with Crippen molar-refractivity contribution in [2.24, 2.45) is 0 Å². The molecule has 0 saturated carbocycles. The van der Waals surface area contributed by atoms with E-state index < -0.39 is 0 Å². The lowest BCUT2D eigenvalue weighted by Gasteiger charge is -2.31. The largest absolute Gasteiger partial charge is 0.445 e. The molecule has 1 amide bonds. The average Bonchev–Trinajstić information content (AvgIpc) is 3.04. The predicted molar refractivity (Wildman–Crippen MR) is 91.2 cm³/mol. The van der Waals surface area contributed by atoms with Crippen LogP contribution in [0.1, 0.15) is 36.0 Å². The highest BCUT2D eigenvalue weighted by atomic mass is 35.5. The van der Waals surface area contributed by atoms with Gasteiger partial charge in [0, 0.05) is 31.6 Å². The number of hydrogen-bond donors (Lipinski definition) is 0. The molecular formula is C18H21ClN2O3. The van der Waals surface area contributed by atoms with Gasteiger partial charge in [-0.1, -0.05) is 23.7 Å². The van der Waals surface area contributed by atoms with Crippen LogP contribution in [-0.2, 0) is 16.0 Å². The lowest BCUT2D eigenvalue weighted by atomic mass is 9.98. The molecule has 3 rings (SSSR count). The van der Waals surface area contributed by atoms with Crippen molar-refractivity contribution in [2.45, 2.75) is 25.2 Å². The molecule has 0 aliphatic carbocycles. The average molecular weight is 349 g/mol. The Morgan fingerprint density at radius 2 is 2.38 bits per heavy atom. The number of carbonyl (C=O) groups is 1. The third-order valence-electron chi connectivity index (χ3n) is 4.23. The summed E-state index contributed by atoms with van der Waals surface area (Å²) >= 11 is 6.02. The maximum atomic E-state index is 12.0. The fourth-order valence-corrected chi connectivity index (χ4v) is 3.27. The zero-order valence-corrected chi connectivity index (χ0v) is 14.5. The van der Waals surface area contributed by atoms with Crippen LogP contribution in [0.4, 0.5) is 0 Å². The van der Waals surface area contributed by atoms with Crippen molar-refractivity contribution in [3.8, 4) is 0 Å². The topological polar surface area (TPSA) is 55.6 Å². The standard InChI is InChI=1S/C18H21ClN2O3/c1-23-12-17(22)21-7-3-5-14(11-21)18-20-10-16(24-18)9-13-4-2-6-15(19)8-13/h2,4,6,8,10,14H,3,5,7,9,11-12H2,1H3. The molecule has 1 aromatic heterocycles.